The fourth-order valence-corrected chi connectivity index (χ4v) is 3.15. The van der Waals surface area contributed by atoms with Crippen molar-refractivity contribution < 1.29 is 4.79 Å². The summed E-state index contributed by atoms with van der Waals surface area (Å²) in [7, 11) is 0. The molecule has 1 amide bonds. The van der Waals surface area contributed by atoms with Gasteiger partial charge in [-0.05, 0) is 37.0 Å². The second kappa shape index (κ2) is 4.99. The fourth-order valence-electron chi connectivity index (χ4n) is 2.33. The second-order valence-electron chi connectivity index (χ2n) is 4.59. The van der Waals surface area contributed by atoms with Gasteiger partial charge in [-0.3, -0.25) is 4.79 Å². The Morgan fingerprint density at radius 1 is 1.53 bits per heavy atom. The van der Waals surface area contributed by atoms with E-state index < -0.39 is 0 Å². The van der Waals surface area contributed by atoms with Gasteiger partial charge in [0, 0.05) is 21.5 Å². The van der Waals surface area contributed by atoms with E-state index in [9.17, 15) is 4.79 Å². The Kier molecular flexibility index (Phi) is 3.79. The third kappa shape index (κ3) is 2.83. The van der Waals surface area contributed by atoms with Gasteiger partial charge in [0.25, 0.3) is 0 Å². The summed E-state index contributed by atoms with van der Waals surface area (Å²) in [5, 5.41) is 3.84. The molecule has 1 saturated heterocycles. The van der Waals surface area contributed by atoms with Crippen molar-refractivity contribution in [2.75, 3.05) is 0 Å². The van der Waals surface area contributed by atoms with Crippen LogP contribution in [-0.4, -0.2) is 11.4 Å². The van der Waals surface area contributed by atoms with E-state index in [0.29, 0.717) is 6.42 Å². The predicted molar refractivity (Wildman–Crippen MR) is 73.3 cm³/mol. The molecule has 1 aliphatic rings. The number of carbonyl (C=O) groups excluding carboxylic acids is 1. The summed E-state index contributed by atoms with van der Waals surface area (Å²) in [5.74, 6) is 0.164. The lowest BCUT2D eigenvalue weighted by Crippen LogP contribution is -2.43. The molecule has 0 radical (unpaired) electrons. The molecule has 1 aromatic rings. The molecular weight excluding hydrogens is 302 g/mol. The number of hydrogen-bond donors (Lipinski definition) is 1. The zero-order valence-corrected chi connectivity index (χ0v) is 12.1. The van der Waals surface area contributed by atoms with Crippen LogP contribution < -0.4 is 5.32 Å². The summed E-state index contributed by atoms with van der Waals surface area (Å²) in [6.45, 7) is 2.12. The van der Waals surface area contributed by atoms with Crippen LogP contribution >= 0.6 is 27.5 Å². The van der Waals surface area contributed by atoms with E-state index in [1.165, 1.54) is 5.56 Å². The first kappa shape index (κ1) is 12.9. The Morgan fingerprint density at radius 3 is 2.82 bits per heavy atom. The minimum atomic E-state index is -0.0760. The van der Waals surface area contributed by atoms with Gasteiger partial charge in [-0.1, -0.05) is 40.5 Å². The largest absolute Gasteiger partial charge is 0.350 e. The van der Waals surface area contributed by atoms with Crippen LogP contribution in [0.25, 0.3) is 0 Å². The normalized spacial score (nSPS) is 23.8. The van der Waals surface area contributed by atoms with Crippen molar-refractivity contribution >= 4 is 33.4 Å². The third-order valence-electron chi connectivity index (χ3n) is 3.46. The van der Waals surface area contributed by atoms with Crippen LogP contribution in [0, 0.1) is 0 Å². The van der Waals surface area contributed by atoms with Crippen LogP contribution in [0.3, 0.4) is 0 Å². The van der Waals surface area contributed by atoms with Gasteiger partial charge in [-0.2, -0.15) is 0 Å². The molecule has 1 fully saturated rings. The second-order valence-corrected chi connectivity index (χ2v) is 5.89. The van der Waals surface area contributed by atoms with Crippen molar-refractivity contribution in [1.29, 1.82) is 0 Å². The lowest BCUT2D eigenvalue weighted by atomic mass is 9.87. The van der Waals surface area contributed by atoms with E-state index in [0.717, 1.165) is 28.8 Å². The molecule has 2 nitrogen and oxygen atoms in total. The summed E-state index contributed by atoms with van der Waals surface area (Å²) in [6, 6.07) is 5.81. The maximum Gasteiger partial charge on any atom is 0.220 e. The molecule has 0 spiro atoms. The summed E-state index contributed by atoms with van der Waals surface area (Å²) in [6.07, 6.45) is 3.36. The minimum absolute atomic E-state index is 0.0760. The number of nitrogens with one attached hydrogen (secondary N) is 1. The fraction of sp³-hybridized carbons (Fsp3) is 0.462. The Labute approximate surface area is 115 Å². The first-order valence-electron chi connectivity index (χ1n) is 5.79. The first-order valence-corrected chi connectivity index (χ1v) is 6.97. The first-order chi connectivity index (χ1) is 8.04. The standard InChI is InChI=1S/C13H15BrClNO/c1-2-13(6-5-12(17)16-13)8-9-3-4-10(15)7-11(9)14/h3-4,7H,2,5-6,8H2,1H3,(H,16,17). The van der Waals surface area contributed by atoms with Crippen LogP contribution in [0.5, 0.6) is 0 Å². The lowest BCUT2D eigenvalue weighted by molar-refractivity contribution is -0.119. The number of carbonyl (C=O) groups is 1. The number of rotatable bonds is 3. The van der Waals surface area contributed by atoms with Gasteiger partial charge < -0.3 is 5.32 Å². The summed E-state index contributed by atoms with van der Waals surface area (Å²) >= 11 is 9.45. The molecule has 17 heavy (non-hydrogen) atoms. The summed E-state index contributed by atoms with van der Waals surface area (Å²) in [5.41, 5.74) is 1.12. The topological polar surface area (TPSA) is 29.1 Å². The van der Waals surface area contributed by atoms with E-state index in [1.807, 2.05) is 18.2 Å². The smallest absolute Gasteiger partial charge is 0.220 e. The third-order valence-corrected chi connectivity index (χ3v) is 4.43. The van der Waals surface area contributed by atoms with Crippen LogP contribution in [0.4, 0.5) is 0 Å². The van der Waals surface area contributed by atoms with Crippen LogP contribution in [0.15, 0.2) is 22.7 Å². The van der Waals surface area contributed by atoms with E-state index in [2.05, 4.69) is 28.2 Å². The molecule has 0 aromatic heterocycles. The number of amides is 1. The molecule has 4 heteroatoms. The van der Waals surface area contributed by atoms with Crippen molar-refractivity contribution in [3.8, 4) is 0 Å². The van der Waals surface area contributed by atoms with Crippen molar-refractivity contribution in [1.82, 2.24) is 5.32 Å². The van der Waals surface area contributed by atoms with Gasteiger partial charge in [0.1, 0.15) is 0 Å². The molecule has 0 bridgehead atoms. The molecule has 0 saturated carbocycles. The number of halogens is 2. The summed E-state index contributed by atoms with van der Waals surface area (Å²) < 4.78 is 1.01. The molecule has 1 heterocycles. The molecule has 0 aliphatic carbocycles. The highest BCUT2D eigenvalue weighted by molar-refractivity contribution is 9.10. The molecule has 1 atom stereocenters. The average molecular weight is 317 g/mol. The summed E-state index contributed by atoms with van der Waals surface area (Å²) in [4.78, 5) is 11.4. The van der Waals surface area contributed by atoms with Crippen LogP contribution in [-0.2, 0) is 11.2 Å². The minimum Gasteiger partial charge on any atom is -0.350 e. The van der Waals surface area contributed by atoms with Gasteiger partial charge >= 0.3 is 0 Å². The van der Waals surface area contributed by atoms with Crippen molar-refractivity contribution in [3.63, 3.8) is 0 Å². The van der Waals surface area contributed by atoms with Gasteiger partial charge in [0.05, 0.1) is 0 Å². The van der Waals surface area contributed by atoms with Gasteiger partial charge in [-0.25, -0.2) is 0 Å². The zero-order chi connectivity index (χ0) is 12.5. The van der Waals surface area contributed by atoms with Crippen LogP contribution in [0.2, 0.25) is 5.02 Å². The molecule has 1 aliphatic heterocycles. The highest BCUT2D eigenvalue weighted by Crippen LogP contribution is 2.31. The predicted octanol–water partition coefficient (Wildman–Crippen LogP) is 3.70. The molecule has 1 aromatic carbocycles. The Bertz CT molecular complexity index is 449. The molecule has 92 valence electrons. The SMILES string of the molecule is CCC1(Cc2ccc(Cl)cc2Br)CCC(=O)N1. The molecular formula is C13H15BrClNO. The Morgan fingerprint density at radius 2 is 2.29 bits per heavy atom. The number of hydrogen-bond acceptors (Lipinski definition) is 1. The lowest BCUT2D eigenvalue weighted by Gasteiger charge is -2.28. The van der Waals surface area contributed by atoms with Gasteiger partial charge in [-0.15, -0.1) is 0 Å². The van der Waals surface area contributed by atoms with E-state index >= 15 is 0 Å². The maximum absolute atomic E-state index is 11.4. The highest BCUT2D eigenvalue weighted by Gasteiger charge is 2.36. The maximum atomic E-state index is 11.4. The highest BCUT2D eigenvalue weighted by atomic mass is 79.9. The Hall–Kier alpha value is -0.540. The van der Waals surface area contributed by atoms with Crippen molar-refractivity contribution in [2.45, 2.75) is 38.1 Å². The quantitative estimate of drug-likeness (QED) is 0.905. The van der Waals surface area contributed by atoms with E-state index in [4.69, 9.17) is 11.6 Å². The average Bonchev–Trinajstić information content (AvgIpc) is 2.65. The van der Waals surface area contributed by atoms with Crippen LogP contribution in [0.1, 0.15) is 31.7 Å². The van der Waals surface area contributed by atoms with Crippen molar-refractivity contribution in [3.05, 3.63) is 33.3 Å². The van der Waals surface area contributed by atoms with Crippen molar-refractivity contribution in [2.24, 2.45) is 0 Å². The zero-order valence-electron chi connectivity index (χ0n) is 9.72. The molecule has 2 rings (SSSR count). The van der Waals surface area contributed by atoms with Gasteiger partial charge in [0.2, 0.25) is 5.91 Å². The number of benzene rings is 1. The monoisotopic (exact) mass is 315 g/mol. The van der Waals surface area contributed by atoms with E-state index in [1.54, 1.807) is 0 Å². The van der Waals surface area contributed by atoms with E-state index in [-0.39, 0.29) is 11.4 Å². The Balaban J connectivity index is 2.21. The van der Waals surface area contributed by atoms with Gasteiger partial charge in [0.15, 0.2) is 0 Å². The molecule has 1 unspecified atom stereocenters. The molecule has 1 N–H and O–H groups in total.